The summed E-state index contributed by atoms with van der Waals surface area (Å²) in [6.07, 6.45) is -4.76. The molecule has 0 unspecified atom stereocenters. The molecule has 0 bridgehead atoms. The van der Waals surface area contributed by atoms with Crippen molar-refractivity contribution in [1.29, 1.82) is 0 Å². The molecule has 4 N–H and O–H groups in total. The molecule has 2 rings (SSSR count). The van der Waals surface area contributed by atoms with Crippen LogP contribution in [-0.2, 0) is 19.1 Å². The van der Waals surface area contributed by atoms with Crippen LogP contribution in [0.3, 0.4) is 0 Å². The summed E-state index contributed by atoms with van der Waals surface area (Å²) in [4.78, 5) is 48.1. The normalized spacial score (nSPS) is 13.9. The molecule has 1 fully saturated rings. The van der Waals surface area contributed by atoms with Gasteiger partial charge in [-0.3, -0.25) is 14.5 Å². The number of hydrogen-bond donors (Lipinski definition) is 4. The van der Waals surface area contributed by atoms with Crippen molar-refractivity contribution >= 4 is 35.1 Å². The third kappa shape index (κ3) is 10.6. The van der Waals surface area contributed by atoms with Gasteiger partial charge in [-0.1, -0.05) is 6.92 Å². The lowest BCUT2D eigenvalue weighted by atomic mass is 10.1. The van der Waals surface area contributed by atoms with Crippen molar-refractivity contribution in [2.45, 2.75) is 19.5 Å². The molecule has 0 atom stereocenters. The summed E-state index contributed by atoms with van der Waals surface area (Å²) in [5.74, 6) is -4.01. The maximum atomic E-state index is 11.9. The first kappa shape index (κ1) is 29.6. The minimum Gasteiger partial charge on any atom is -0.478 e. The van der Waals surface area contributed by atoms with Gasteiger partial charge in [0.1, 0.15) is 0 Å². The van der Waals surface area contributed by atoms with Gasteiger partial charge in [0.2, 0.25) is 11.8 Å². The molecule has 14 heteroatoms. The second kappa shape index (κ2) is 14.1. The number of nitrogens with one attached hydrogen (secondary N) is 2. The SMILES string of the molecule is CCC(=O)Nc1ccc(N2CCN(CC(=O)NCCOC)CC2)c(C(=O)O)c1.O=C(O)C(F)(F)F. The average molecular weight is 506 g/mol. The van der Waals surface area contributed by atoms with E-state index in [-0.39, 0.29) is 17.4 Å². The number of ether oxygens (including phenoxy) is 1. The number of amides is 2. The zero-order valence-corrected chi connectivity index (χ0v) is 19.4. The van der Waals surface area contributed by atoms with Crippen LogP contribution in [0.2, 0.25) is 0 Å². The number of benzene rings is 1. The first-order valence-electron chi connectivity index (χ1n) is 10.6. The van der Waals surface area contributed by atoms with Crippen molar-refractivity contribution in [3.63, 3.8) is 0 Å². The van der Waals surface area contributed by atoms with Gasteiger partial charge in [0, 0.05) is 51.9 Å². The molecule has 1 heterocycles. The van der Waals surface area contributed by atoms with Gasteiger partial charge in [0.15, 0.2) is 0 Å². The number of halogens is 3. The van der Waals surface area contributed by atoms with Gasteiger partial charge >= 0.3 is 18.1 Å². The summed E-state index contributed by atoms with van der Waals surface area (Å²) in [6.45, 7) is 5.56. The van der Waals surface area contributed by atoms with E-state index < -0.39 is 18.1 Å². The Bertz CT molecular complexity index is 888. The number of aliphatic carboxylic acids is 1. The van der Waals surface area contributed by atoms with Crippen LogP contribution in [0.5, 0.6) is 0 Å². The number of carboxylic acid groups (broad SMARTS) is 2. The van der Waals surface area contributed by atoms with Gasteiger partial charge < -0.3 is 30.5 Å². The number of aromatic carboxylic acids is 1. The second-order valence-electron chi connectivity index (χ2n) is 7.35. The summed E-state index contributed by atoms with van der Waals surface area (Å²) >= 11 is 0. The molecule has 1 aliphatic rings. The summed E-state index contributed by atoms with van der Waals surface area (Å²) in [5, 5.41) is 22.2. The predicted octanol–water partition coefficient (Wildman–Crippen LogP) is 1.25. The van der Waals surface area contributed by atoms with Crippen molar-refractivity contribution in [3.8, 4) is 0 Å². The van der Waals surface area contributed by atoms with E-state index in [9.17, 15) is 32.7 Å². The van der Waals surface area contributed by atoms with Gasteiger partial charge in [-0.2, -0.15) is 13.2 Å². The van der Waals surface area contributed by atoms with Crippen molar-refractivity contribution in [3.05, 3.63) is 23.8 Å². The van der Waals surface area contributed by atoms with Crippen LogP contribution in [0, 0.1) is 0 Å². The smallest absolute Gasteiger partial charge is 0.478 e. The fourth-order valence-corrected chi connectivity index (χ4v) is 3.01. The first-order valence-corrected chi connectivity index (χ1v) is 10.6. The number of methoxy groups -OCH3 is 1. The van der Waals surface area contributed by atoms with Crippen molar-refractivity contribution in [1.82, 2.24) is 10.2 Å². The highest BCUT2D eigenvalue weighted by Crippen LogP contribution is 2.26. The molecule has 11 nitrogen and oxygen atoms in total. The minimum atomic E-state index is -5.08. The van der Waals surface area contributed by atoms with E-state index in [4.69, 9.17) is 14.6 Å². The van der Waals surface area contributed by atoms with Crippen molar-refractivity contribution < 1.29 is 47.3 Å². The molecule has 35 heavy (non-hydrogen) atoms. The third-order valence-corrected chi connectivity index (χ3v) is 4.78. The fourth-order valence-electron chi connectivity index (χ4n) is 3.01. The first-order chi connectivity index (χ1) is 16.4. The molecular weight excluding hydrogens is 477 g/mol. The van der Waals surface area contributed by atoms with E-state index in [1.165, 1.54) is 6.07 Å². The number of rotatable bonds is 9. The number of carboxylic acids is 2. The number of nitrogens with zero attached hydrogens (tertiary/aromatic N) is 2. The standard InChI is InChI=1S/C19H28N4O5.C2HF3O2/c1-3-17(24)21-14-4-5-16(15(12-14)19(26)27)23-9-7-22(8-10-23)13-18(25)20-6-11-28-2;3-2(4,5)1(6)7/h4-5,12H,3,6-11,13H2,1-2H3,(H,20,25)(H,21,24)(H,26,27);(H,6,7). The quantitative estimate of drug-likeness (QED) is 0.363. The third-order valence-electron chi connectivity index (χ3n) is 4.78. The van der Waals surface area contributed by atoms with Gasteiger partial charge in [0.05, 0.1) is 24.4 Å². The van der Waals surface area contributed by atoms with Crippen molar-refractivity contribution in [2.75, 3.05) is 63.2 Å². The van der Waals surface area contributed by atoms with Crippen LogP contribution in [-0.4, -0.2) is 98.0 Å². The summed E-state index contributed by atoms with van der Waals surface area (Å²) in [5.41, 5.74) is 1.24. The molecule has 2 amide bonds. The van der Waals surface area contributed by atoms with Crippen LogP contribution < -0.4 is 15.5 Å². The van der Waals surface area contributed by atoms with Crippen molar-refractivity contribution in [2.24, 2.45) is 0 Å². The molecule has 0 aromatic heterocycles. The number of carbonyl (C=O) groups is 4. The molecule has 0 radical (unpaired) electrons. The van der Waals surface area contributed by atoms with E-state index in [0.717, 1.165) is 0 Å². The van der Waals surface area contributed by atoms with Gasteiger partial charge in [0.25, 0.3) is 0 Å². The lowest BCUT2D eigenvalue weighted by Gasteiger charge is -2.36. The number of carbonyl (C=O) groups excluding carboxylic acids is 2. The van der Waals surface area contributed by atoms with E-state index in [1.54, 1.807) is 26.2 Å². The second-order valence-corrected chi connectivity index (χ2v) is 7.35. The minimum absolute atomic E-state index is 0.0484. The lowest BCUT2D eigenvalue weighted by Crippen LogP contribution is -2.50. The largest absolute Gasteiger partial charge is 0.490 e. The molecule has 0 spiro atoms. The lowest BCUT2D eigenvalue weighted by molar-refractivity contribution is -0.192. The van der Waals surface area contributed by atoms with Crippen LogP contribution in [0.15, 0.2) is 18.2 Å². The maximum Gasteiger partial charge on any atom is 0.490 e. The Morgan fingerprint density at radius 2 is 1.66 bits per heavy atom. The fraction of sp³-hybridized carbons (Fsp3) is 0.524. The Balaban J connectivity index is 0.000000762. The molecule has 1 saturated heterocycles. The number of hydrogen-bond acceptors (Lipinski definition) is 7. The monoisotopic (exact) mass is 506 g/mol. The molecule has 1 aromatic rings. The van der Waals surface area contributed by atoms with E-state index >= 15 is 0 Å². The number of anilines is 2. The summed E-state index contributed by atoms with van der Waals surface area (Å²) in [7, 11) is 1.58. The zero-order valence-electron chi connectivity index (χ0n) is 19.4. The number of piperazine rings is 1. The van der Waals surface area contributed by atoms with Crippen LogP contribution in [0.25, 0.3) is 0 Å². The maximum absolute atomic E-state index is 11.9. The Morgan fingerprint density at radius 1 is 1.06 bits per heavy atom. The van der Waals surface area contributed by atoms with E-state index in [2.05, 4.69) is 10.6 Å². The predicted molar refractivity (Wildman–Crippen MR) is 120 cm³/mol. The molecule has 0 aliphatic carbocycles. The van der Waals surface area contributed by atoms with Gasteiger partial charge in [-0.05, 0) is 18.2 Å². The molecule has 0 saturated carbocycles. The van der Waals surface area contributed by atoms with E-state index in [1.807, 2.05) is 9.80 Å². The molecular formula is C21H29F3N4O7. The van der Waals surface area contributed by atoms with Gasteiger partial charge in [-0.15, -0.1) is 0 Å². The summed E-state index contributed by atoms with van der Waals surface area (Å²) in [6, 6.07) is 4.92. The Kier molecular flexibility index (Phi) is 12.0. The van der Waals surface area contributed by atoms with Crippen LogP contribution >= 0.6 is 0 Å². The Hall–Kier alpha value is -3.39. The highest BCUT2D eigenvalue weighted by atomic mass is 19.4. The van der Waals surface area contributed by atoms with E-state index in [0.29, 0.717) is 63.7 Å². The van der Waals surface area contributed by atoms with Gasteiger partial charge in [-0.25, -0.2) is 9.59 Å². The molecule has 196 valence electrons. The average Bonchev–Trinajstić information content (AvgIpc) is 2.79. The Morgan fingerprint density at radius 3 is 2.14 bits per heavy atom. The topological polar surface area (TPSA) is 149 Å². The zero-order chi connectivity index (χ0) is 26.6. The summed E-state index contributed by atoms with van der Waals surface area (Å²) < 4.78 is 36.6. The highest BCUT2D eigenvalue weighted by molar-refractivity contribution is 5.98. The number of alkyl halides is 3. The van der Waals surface area contributed by atoms with Crippen LogP contribution in [0.4, 0.5) is 24.5 Å². The van der Waals surface area contributed by atoms with Crippen LogP contribution in [0.1, 0.15) is 23.7 Å². The highest BCUT2D eigenvalue weighted by Gasteiger charge is 2.38. The molecule has 1 aliphatic heterocycles. The Labute approximate surface area is 199 Å². The molecule has 1 aromatic carbocycles.